The fourth-order valence-corrected chi connectivity index (χ4v) is 8.37. The van der Waals surface area contributed by atoms with Crippen molar-refractivity contribution in [2.24, 2.45) is 0 Å². The van der Waals surface area contributed by atoms with Gasteiger partial charge in [0.15, 0.2) is 6.10 Å². The summed E-state index contributed by atoms with van der Waals surface area (Å²) in [6.45, 7) is 6.46. The molecule has 0 aromatic carbocycles. The second-order valence-corrected chi connectivity index (χ2v) is 19.5. The molecule has 0 radical (unpaired) electrons. The number of ether oxygens (including phenoxy) is 3. The highest BCUT2D eigenvalue weighted by molar-refractivity contribution is 5.71. The van der Waals surface area contributed by atoms with Gasteiger partial charge in [-0.3, -0.25) is 14.4 Å². The van der Waals surface area contributed by atoms with Gasteiger partial charge < -0.3 is 14.2 Å². The lowest BCUT2D eigenvalue weighted by molar-refractivity contribution is -0.167. The van der Waals surface area contributed by atoms with Gasteiger partial charge in [0, 0.05) is 19.3 Å². The summed E-state index contributed by atoms with van der Waals surface area (Å²) in [5.74, 6) is -0.882. The lowest BCUT2D eigenvalue weighted by Crippen LogP contribution is -2.30. The molecule has 0 rings (SSSR count). The minimum Gasteiger partial charge on any atom is -0.462 e. The van der Waals surface area contributed by atoms with Crippen LogP contribution in [-0.4, -0.2) is 37.2 Å². The van der Waals surface area contributed by atoms with E-state index in [0.29, 0.717) is 19.3 Å². The predicted molar refractivity (Wildman–Crippen MR) is 293 cm³/mol. The third-order valence-electron chi connectivity index (χ3n) is 12.8. The summed E-state index contributed by atoms with van der Waals surface area (Å²) in [6, 6.07) is 0. The van der Waals surface area contributed by atoms with Gasteiger partial charge in [-0.15, -0.1) is 0 Å². The Morgan fingerprint density at radius 2 is 0.574 bits per heavy atom. The Balaban J connectivity index is 4.04. The zero-order valence-corrected chi connectivity index (χ0v) is 45.1. The van der Waals surface area contributed by atoms with E-state index in [0.717, 1.165) is 89.9 Å². The second kappa shape index (κ2) is 56.7. The number of carbonyl (C=O) groups excluding carboxylic acids is 3. The molecule has 6 nitrogen and oxygen atoms in total. The second-order valence-electron chi connectivity index (χ2n) is 19.5. The fourth-order valence-electron chi connectivity index (χ4n) is 8.37. The summed E-state index contributed by atoms with van der Waals surface area (Å²) in [7, 11) is 0. The van der Waals surface area contributed by atoms with Crippen LogP contribution in [0.2, 0.25) is 0 Å². The number of allylic oxidation sites excluding steroid dienone is 10. The summed E-state index contributed by atoms with van der Waals surface area (Å²) >= 11 is 0. The average molecular weight is 952 g/mol. The van der Waals surface area contributed by atoms with Gasteiger partial charge in [0.05, 0.1) is 0 Å². The number of unbranched alkanes of at least 4 members (excludes halogenated alkanes) is 32. The van der Waals surface area contributed by atoms with Gasteiger partial charge in [-0.25, -0.2) is 0 Å². The van der Waals surface area contributed by atoms with Crippen LogP contribution in [0.1, 0.15) is 297 Å². The van der Waals surface area contributed by atoms with Crippen molar-refractivity contribution in [2.45, 2.75) is 303 Å². The van der Waals surface area contributed by atoms with Crippen LogP contribution in [0.3, 0.4) is 0 Å². The Bertz CT molecular complexity index is 1230. The van der Waals surface area contributed by atoms with Crippen LogP contribution in [0.5, 0.6) is 0 Å². The summed E-state index contributed by atoms with van der Waals surface area (Å²) in [5, 5.41) is 0. The molecule has 0 heterocycles. The SMILES string of the molecule is CC/C=C\C/C=C\C/C=C\C/C=C\CCCCCCCCCCCCCCCCC(=O)OCC(COC(=O)CCCCCCC)OC(=O)CCCCCCCCC/C=C\CCCCCCCCC. The van der Waals surface area contributed by atoms with Crippen molar-refractivity contribution in [3.8, 4) is 0 Å². The van der Waals surface area contributed by atoms with Crippen LogP contribution in [0, 0.1) is 0 Å². The molecule has 68 heavy (non-hydrogen) atoms. The summed E-state index contributed by atoms with van der Waals surface area (Å²) < 4.78 is 16.7. The van der Waals surface area contributed by atoms with Gasteiger partial charge in [-0.1, -0.05) is 255 Å². The van der Waals surface area contributed by atoms with Crippen molar-refractivity contribution in [3.63, 3.8) is 0 Å². The van der Waals surface area contributed by atoms with Crippen molar-refractivity contribution in [2.75, 3.05) is 13.2 Å². The molecule has 0 aromatic heterocycles. The summed E-state index contributed by atoms with van der Waals surface area (Å²) in [5.41, 5.74) is 0. The van der Waals surface area contributed by atoms with Gasteiger partial charge in [0.1, 0.15) is 13.2 Å². The fraction of sp³-hybridized carbons (Fsp3) is 0.790. The van der Waals surface area contributed by atoms with Crippen LogP contribution < -0.4 is 0 Å². The zero-order valence-electron chi connectivity index (χ0n) is 45.1. The lowest BCUT2D eigenvalue weighted by atomic mass is 10.0. The molecule has 0 saturated heterocycles. The first-order valence-corrected chi connectivity index (χ1v) is 29.3. The Morgan fingerprint density at radius 1 is 0.309 bits per heavy atom. The quantitative estimate of drug-likeness (QED) is 0.0262. The molecule has 0 saturated carbocycles. The predicted octanol–water partition coefficient (Wildman–Crippen LogP) is 19.6. The molecule has 0 bridgehead atoms. The number of esters is 3. The highest BCUT2D eigenvalue weighted by Crippen LogP contribution is 2.16. The molecule has 1 atom stereocenters. The van der Waals surface area contributed by atoms with Gasteiger partial charge in [0.2, 0.25) is 0 Å². The lowest BCUT2D eigenvalue weighted by Gasteiger charge is -2.18. The maximum atomic E-state index is 12.8. The zero-order chi connectivity index (χ0) is 49.3. The molecule has 0 aromatic rings. The molecule has 1 unspecified atom stereocenters. The first kappa shape index (κ1) is 65.1. The molecule has 0 spiro atoms. The van der Waals surface area contributed by atoms with E-state index in [4.69, 9.17) is 14.2 Å². The van der Waals surface area contributed by atoms with Gasteiger partial charge in [0.25, 0.3) is 0 Å². The number of hydrogen-bond donors (Lipinski definition) is 0. The van der Waals surface area contributed by atoms with Crippen LogP contribution in [0.15, 0.2) is 60.8 Å². The van der Waals surface area contributed by atoms with Crippen molar-refractivity contribution < 1.29 is 28.6 Å². The molecular formula is C62H110O6. The smallest absolute Gasteiger partial charge is 0.306 e. The van der Waals surface area contributed by atoms with E-state index in [1.807, 2.05) is 0 Å². The van der Waals surface area contributed by atoms with Crippen LogP contribution in [0.4, 0.5) is 0 Å². The normalized spacial score (nSPS) is 12.5. The number of carbonyl (C=O) groups is 3. The maximum Gasteiger partial charge on any atom is 0.306 e. The van der Waals surface area contributed by atoms with Gasteiger partial charge in [-0.05, 0) is 83.5 Å². The minimum absolute atomic E-state index is 0.0741. The molecule has 0 aliphatic heterocycles. The Morgan fingerprint density at radius 3 is 0.912 bits per heavy atom. The number of rotatable bonds is 53. The van der Waals surface area contributed by atoms with Crippen molar-refractivity contribution >= 4 is 17.9 Å². The molecule has 0 fully saturated rings. The highest BCUT2D eigenvalue weighted by Gasteiger charge is 2.19. The van der Waals surface area contributed by atoms with E-state index < -0.39 is 6.10 Å². The van der Waals surface area contributed by atoms with E-state index in [-0.39, 0.29) is 31.1 Å². The van der Waals surface area contributed by atoms with Crippen molar-refractivity contribution in [1.82, 2.24) is 0 Å². The molecule has 0 aliphatic carbocycles. The minimum atomic E-state index is -0.771. The summed E-state index contributed by atoms with van der Waals surface area (Å²) in [6.07, 6.45) is 71.2. The van der Waals surface area contributed by atoms with Crippen molar-refractivity contribution in [1.29, 1.82) is 0 Å². The van der Waals surface area contributed by atoms with E-state index in [9.17, 15) is 14.4 Å². The average Bonchev–Trinajstić information content (AvgIpc) is 3.34. The maximum absolute atomic E-state index is 12.8. The van der Waals surface area contributed by atoms with Crippen LogP contribution in [-0.2, 0) is 28.6 Å². The molecule has 0 amide bonds. The van der Waals surface area contributed by atoms with Gasteiger partial charge in [-0.2, -0.15) is 0 Å². The topological polar surface area (TPSA) is 78.9 Å². The van der Waals surface area contributed by atoms with Crippen molar-refractivity contribution in [3.05, 3.63) is 60.8 Å². The van der Waals surface area contributed by atoms with Crippen LogP contribution >= 0.6 is 0 Å². The number of hydrogen-bond acceptors (Lipinski definition) is 6. The third kappa shape index (κ3) is 54.1. The van der Waals surface area contributed by atoms with E-state index >= 15 is 0 Å². The molecular weight excluding hydrogens is 841 g/mol. The molecule has 0 N–H and O–H groups in total. The van der Waals surface area contributed by atoms with E-state index in [2.05, 4.69) is 81.5 Å². The van der Waals surface area contributed by atoms with Gasteiger partial charge >= 0.3 is 17.9 Å². The molecule has 6 heteroatoms. The van der Waals surface area contributed by atoms with E-state index in [1.54, 1.807) is 0 Å². The Labute approximate surface area is 421 Å². The Kier molecular flexibility index (Phi) is 54.3. The molecule has 0 aliphatic rings. The standard InChI is InChI=1S/C62H110O6/c1-4-7-10-13-15-17-19-21-23-25-27-28-29-30-31-32-33-34-35-37-38-40-42-44-46-49-52-55-61(64)67-58-59(57-66-60(63)54-51-48-12-9-6-3)68-62(65)56-53-50-47-45-43-41-39-36-26-24-22-20-18-16-14-11-8-5-2/h7,10,15,17,21,23-24,26-28,59H,4-6,8-9,11-14,16,18-20,22,25,29-58H2,1-3H3/b10-7-,17-15-,23-21-,26-24-,28-27-. The van der Waals surface area contributed by atoms with Crippen LogP contribution in [0.25, 0.3) is 0 Å². The third-order valence-corrected chi connectivity index (χ3v) is 12.8. The highest BCUT2D eigenvalue weighted by atomic mass is 16.6. The largest absolute Gasteiger partial charge is 0.462 e. The first-order chi connectivity index (χ1) is 33.5. The van der Waals surface area contributed by atoms with E-state index in [1.165, 1.54) is 167 Å². The Hall–Kier alpha value is -2.89. The molecule has 394 valence electrons. The first-order valence-electron chi connectivity index (χ1n) is 29.3. The summed E-state index contributed by atoms with van der Waals surface area (Å²) in [4.78, 5) is 37.8. The monoisotopic (exact) mass is 951 g/mol.